The highest BCUT2D eigenvalue weighted by Gasteiger charge is 2.14. The number of anilines is 2. The van der Waals surface area contributed by atoms with E-state index in [2.05, 4.69) is 41.3 Å². The summed E-state index contributed by atoms with van der Waals surface area (Å²) in [6.45, 7) is 6.76. The number of ketones is 1. The number of nitrogens with zero attached hydrogens (tertiary/aromatic N) is 2. The largest absolute Gasteiger partial charge is 0.372 e. The van der Waals surface area contributed by atoms with Crippen molar-refractivity contribution in [2.24, 2.45) is 5.73 Å². The van der Waals surface area contributed by atoms with Crippen molar-refractivity contribution in [3.8, 4) is 0 Å². The Balaban J connectivity index is 2.12. The predicted octanol–water partition coefficient (Wildman–Crippen LogP) is 3.74. The molecule has 0 amide bonds. The van der Waals surface area contributed by atoms with Crippen molar-refractivity contribution in [3.05, 3.63) is 57.7 Å². The van der Waals surface area contributed by atoms with Gasteiger partial charge in [0, 0.05) is 27.9 Å². The smallest absolute Gasteiger partial charge is 0.182 e. The molecule has 0 unspecified atom stereocenters. The van der Waals surface area contributed by atoms with Gasteiger partial charge < -0.3 is 15.5 Å². The standard InChI is InChI=1S/C19H24IN3O/c1-3-22(4-2)16-11-9-15(10-12-16)19(24)13-23(14-21)18-8-6-5-7-17(18)20/h5-12H,3-4,13-14,21H2,1-2H3. The third-order valence-corrected chi connectivity index (χ3v) is 4.98. The van der Waals surface area contributed by atoms with Crippen LogP contribution in [0.4, 0.5) is 11.4 Å². The topological polar surface area (TPSA) is 49.6 Å². The molecular weight excluding hydrogens is 413 g/mol. The number of halogens is 1. The lowest BCUT2D eigenvalue weighted by Gasteiger charge is -2.24. The van der Waals surface area contributed by atoms with Crippen LogP contribution in [0.1, 0.15) is 24.2 Å². The molecule has 2 N–H and O–H groups in total. The highest BCUT2D eigenvalue weighted by atomic mass is 127. The van der Waals surface area contributed by atoms with E-state index in [1.165, 1.54) is 0 Å². The predicted molar refractivity (Wildman–Crippen MR) is 110 cm³/mol. The Labute approximate surface area is 157 Å². The van der Waals surface area contributed by atoms with Gasteiger partial charge in [-0.3, -0.25) is 4.79 Å². The zero-order valence-corrected chi connectivity index (χ0v) is 16.4. The van der Waals surface area contributed by atoms with Crippen LogP contribution in [0.5, 0.6) is 0 Å². The third-order valence-electron chi connectivity index (χ3n) is 4.07. The van der Waals surface area contributed by atoms with Crippen molar-refractivity contribution in [2.45, 2.75) is 13.8 Å². The Hall–Kier alpha value is -1.60. The first-order valence-corrected chi connectivity index (χ1v) is 9.26. The van der Waals surface area contributed by atoms with Gasteiger partial charge >= 0.3 is 0 Å². The minimum atomic E-state index is 0.0752. The monoisotopic (exact) mass is 437 g/mol. The number of carbonyl (C=O) groups excluding carboxylic acids is 1. The summed E-state index contributed by atoms with van der Waals surface area (Å²) in [7, 11) is 0. The van der Waals surface area contributed by atoms with E-state index in [9.17, 15) is 4.79 Å². The fourth-order valence-electron chi connectivity index (χ4n) is 2.67. The molecule has 2 aromatic carbocycles. The van der Waals surface area contributed by atoms with E-state index < -0.39 is 0 Å². The van der Waals surface area contributed by atoms with E-state index in [-0.39, 0.29) is 12.3 Å². The Kier molecular flexibility index (Phi) is 7.05. The van der Waals surface area contributed by atoms with E-state index in [0.717, 1.165) is 33.6 Å². The van der Waals surface area contributed by atoms with Gasteiger partial charge in [-0.05, 0) is 72.8 Å². The molecule has 0 spiro atoms. The fourth-order valence-corrected chi connectivity index (χ4v) is 3.40. The number of hydrogen-bond donors (Lipinski definition) is 1. The summed E-state index contributed by atoms with van der Waals surface area (Å²) >= 11 is 2.27. The van der Waals surface area contributed by atoms with Crippen LogP contribution in [-0.4, -0.2) is 32.1 Å². The summed E-state index contributed by atoms with van der Waals surface area (Å²) in [5.74, 6) is 0.0752. The average Bonchev–Trinajstić information content (AvgIpc) is 2.62. The lowest BCUT2D eigenvalue weighted by molar-refractivity contribution is 0.0999. The first-order valence-electron chi connectivity index (χ1n) is 8.18. The van der Waals surface area contributed by atoms with Gasteiger partial charge in [0.2, 0.25) is 0 Å². The van der Waals surface area contributed by atoms with E-state index in [1.54, 1.807) is 0 Å². The summed E-state index contributed by atoms with van der Waals surface area (Å²) < 4.78 is 1.09. The molecule has 0 saturated carbocycles. The molecule has 2 rings (SSSR count). The van der Waals surface area contributed by atoms with E-state index in [1.807, 2.05) is 53.4 Å². The first kappa shape index (κ1) is 18.7. The SMILES string of the molecule is CCN(CC)c1ccc(C(=O)CN(CN)c2ccccc2I)cc1. The maximum atomic E-state index is 12.6. The van der Waals surface area contributed by atoms with Crippen LogP contribution >= 0.6 is 22.6 Å². The Bertz CT molecular complexity index is 669. The number of rotatable bonds is 8. The van der Waals surface area contributed by atoms with E-state index in [0.29, 0.717) is 6.67 Å². The number of hydrogen-bond acceptors (Lipinski definition) is 4. The molecule has 0 aliphatic rings. The Morgan fingerprint density at radius 1 is 1.00 bits per heavy atom. The summed E-state index contributed by atoms with van der Waals surface area (Å²) in [6, 6.07) is 15.8. The van der Waals surface area contributed by atoms with Crippen LogP contribution in [0.25, 0.3) is 0 Å². The second-order valence-electron chi connectivity index (χ2n) is 5.47. The van der Waals surface area contributed by atoms with Crippen LogP contribution in [-0.2, 0) is 0 Å². The Morgan fingerprint density at radius 2 is 1.62 bits per heavy atom. The Morgan fingerprint density at radius 3 is 2.17 bits per heavy atom. The lowest BCUT2D eigenvalue weighted by atomic mass is 10.1. The highest BCUT2D eigenvalue weighted by Crippen LogP contribution is 2.22. The van der Waals surface area contributed by atoms with Crippen LogP contribution < -0.4 is 15.5 Å². The minimum Gasteiger partial charge on any atom is -0.372 e. The van der Waals surface area contributed by atoms with Gasteiger partial charge in [0.15, 0.2) is 5.78 Å². The number of carbonyl (C=O) groups is 1. The van der Waals surface area contributed by atoms with Gasteiger partial charge in [-0.15, -0.1) is 0 Å². The van der Waals surface area contributed by atoms with Crippen LogP contribution in [0.15, 0.2) is 48.5 Å². The molecular formula is C19H24IN3O. The molecule has 0 aliphatic heterocycles. The third kappa shape index (κ3) is 4.48. The number of para-hydroxylation sites is 1. The van der Waals surface area contributed by atoms with Crippen molar-refractivity contribution in [1.29, 1.82) is 0 Å². The minimum absolute atomic E-state index is 0.0752. The van der Waals surface area contributed by atoms with Crippen LogP contribution in [0.3, 0.4) is 0 Å². The summed E-state index contributed by atoms with van der Waals surface area (Å²) in [5.41, 5.74) is 8.72. The molecule has 128 valence electrons. The van der Waals surface area contributed by atoms with Gasteiger partial charge in [-0.2, -0.15) is 0 Å². The van der Waals surface area contributed by atoms with Gasteiger partial charge in [-0.1, -0.05) is 12.1 Å². The zero-order valence-electron chi connectivity index (χ0n) is 14.2. The van der Waals surface area contributed by atoms with Crippen molar-refractivity contribution in [1.82, 2.24) is 0 Å². The highest BCUT2D eigenvalue weighted by molar-refractivity contribution is 14.1. The maximum Gasteiger partial charge on any atom is 0.182 e. The normalized spacial score (nSPS) is 10.5. The molecule has 0 fully saturated rings. The van der Waals surface area contributed by atoms with Gasteiger partial charge in [-0.25, -0.2) is 0 Å². The molecule has 0 bridgehead atoms. The van der Waals surface area contributed by atoms with E-state index in [4.69, 9.17) is 5.73 Å². The van der Waals surface area contributed by atoms with Crippen LogP contribution in [0, 0.1) is 3.57 Å². The lowest BCUT2D eigenvalue weighted by Crippen LogP contribution is -2.35. The molecule has 0 atom stereocenters. The van der Waals surface area contributed by atoms with Crippen molar-refractivity contribution >= 4 is 39.7 Å². The first-order chi connectivity index (χ1) is 11.6. The molecule has 0 saturated heterocycles. The summed E-state index contributed by atoms with van der Waals surface area (Å²) in [4.78, 5) is 16.8. The van der Waals surface area contributed by atoms with Crippen molar-refractivity contribution in [3.63, 3.8) is 0 Å². The maximum absolute atomic E-state index is 12.6. The van der Waals surface area contributed by atoms with Crippen molar-refractivity contribution in [2.75, 3.05) is 36.1 Å². The number of nitrogens with two attached hydrogens (primary N) is 1. The van der Waals surface area contributed by atoms with Crippen LogP contribution in [0.2, 0.25) is 0 Å². The van der Waals surface area contributed by atoms with E-state index >= 15 is 0 Å². The molecule has 24 heavy (non-hydrogen) atoms. The zero-order chi connectivity index (χ0) is 17.5. The second kappa shape index (κ2) is 9.03. The molecule has 0 aromatic heterocycles. The molecule has 4 nitrogen and oxygen atoms in total. The summed E-state index contributed by atoms with van der Waals surface area (Å²) in [5, 5.41) is 0. The average molecular weight is 437 g/mol. The molecule has 0 aliphatic carbocycles. The molecule has 5 heteroatoms. The fraction of sp³-hybridized carbons (Fsp3) is 0.316. The van der Waals surface area contributed by atoms with Crippen molar-refractivity contribution < 1.29 is 4.79 Å². The molecule has 0 heterocycles. The second-order valence-corrected chi connectivity index (χ2v) is 6.64. The molecule has 2 aromatic rings. The quantitative estimate of drug-likeness (QED) is 0.389. The number of benzene rings is 2. The number of Topliss-reactive ketones (excluding diaryl/α,β-unsaturated/α-hetero) is 1. The van der Waals surface area contributed by atoms with Gasteiger partial charge in [0.1, 0.15) is 0 Å². The van der Waals surface area contributed by atoms with Gasteiger partial charge in [0.05, 0.1) is 18.9 Å². The van der Waals surface area contributed by atoms with Gasteiger partial charge in [0.25, 0.3) is 0 Å². The molecule has 0 radical (unpaired) electrons. The summed E-state index contributed by atoms with van der Waals surface area (Å²) in [6.07, 6.45) is 0.